The summed E-state index contributed by atoms with van der Waals surface area (Å²) in [5.41, 5.74) is 2.50. The van der Waals surface area contributed by atoms with E-state index in [-0.39, 0.29) is 79.3 Å². The molecule has 99 heavy (non-hydrogen) atoms. The number of Topliss-reactive ketones (excluding diaryl/α,β-unsaturated/α-hetero) is 3. The molecule has 7 N–H and O–H groups in total. The summed E-state index contributed by atoms with van der Waals surface area (Å²) in [7, 11) is 0. The van der Waals surface area contributed by atoms with Gasteiger partial charge in [-0.15, -0.1) is 0 Å². The molecule has 7 heterocycles. The van der Waals surface area contributed by atoms with Crippen LogP contribution in [-0.4, -0.2) is 100 Å². The molecule has 7 aromatic rings. The lowest BCUT2D eigenvalue weighted by Gasteiger charge is -2.47. The van der Waals surface area contributed by atoms with Crippen molar-refractivity contribution in [2.24, 2.45) is 0 Å². The highest BCUT2D eigenvalue weighted by Crippen LogP contribution is 2.48. The second kappa shape index (κ2) is 30.2. The fraction of sp³-hybridized carbons (Fsp3) is 0.400. The number of nitrogens with zero attached hydrogens (tertiary/aromatic N) is 4. The monoisotopic (exact) mass is 1430 g/mol. The first kappa shape index (κ1) is 74.2. The van der Waals surface area contributed by atoms with Crippen LogP contribution in [0.5, 0.6) is 0 Å². The number of hydrogen-bond acceptors (Lipinski definition) is 12. The number of aliphatic hydroxyl groups is 1. The normalized spacial score (nSPS) is 15.1. The molecule has 4 aliphatic rings. The zero-order valence-corrected chi connectivity index (χ0v) is 57.8. The molecule has 21 nitrogen and oxygen atoms in total. The molecule has 0 spiro atoms. The number of amides is 6. The number of rotatable bonds is 18. The molecule has 29 heteroatoms. The summed E-state index contributed by atoms with van der Waals surface area (Å²) in [6.45, 7) is 14.0. The van der Waals surface area contributed by atoms with Crippen LogP contribution >= 0.6 is 34.8 Å². The predicted molar refractivity (Wildman–Crippen MR) is 360 cm³/mol. The molecule has 3 aromatic carbocycles. The number of hydrogen-bond donors (Lipinski definition) is 7. The molecule has 1 aliphatic carbocycles. The van der Waals surface area contributed by atoms with Crippen LogP contribution in [0.1, 0.15) is 199 Å². The van der Waals surface area contributed by atoms with E-state index in [0.29, 0.717) is 95.4 Å². The number of alkyl halides is 2. The maximum Gasteiger partial charge on any atom is 0.294 e. The lowest BCUT2D eigenvalue weighted by atomic mass is 9.71. The summed E-state index contributed by atoms with van der Waals surface area (Å²) in [6, 6.07) is 11.9. The zero-order valence-electron chi connectivity index (χ0n) is 55.5. The average molecular weight is 1430 g/mol. The van der Waals surface area contributed by atoms with Gasteiger partial charge in [0.1, 0.15) is 46.8 Å². The van der Waals surface area contributed by atoms with Crippen LogP contribution in [0.25, 0.3) is 0 Å². The van der Waals surface area contributed by atoms with Crippen molar-refractivity contribution in [3.05, 3.63) is 173 Å². The molecule has 0 bridgehead atoms. The number of carbonyl (C=O) groups excluding carboxylic acids is 9. The van der Waals surface area contributed by atoms with Crippen LogP contribution in [0.15, 0.2) is 65.3 Å². The van der Waals surface area contributed by atoms with Gasteiger partial charge in [-0.05, 0) is 184 Å². The minimum Gasteiger partial charge on any atom is -0.446 e. The number of aryl methyl sites for hydroxylation is 4. The van der Waals surface area contributed by atoms with Crippen molar-refractivity contribution >= 4 is 105 Å². The number of halogens is 8. The molecule has 0 unspecified atom stereocenters. The second-order valence-corrected chi connectivity index (χ2v) is 27.0. The summed E-state index contributed by atoms with van der Waals surface area (Å²) < 4.78 is 77.8. The second-order valence-electron chi connectivity index (χ2n) is 25.8. The van der Waals surface area contributed by atoms with E-state index in [1.165, 1.54) is 74.7 Å². The van der Waals surface area contributed by atoms with Gasteiger partial charge in [-0.2, -0.15) is 0 Å². The number of carbonyl (C=O) groups is 9. The Hall–Kier alpha value is -8.98. The van der Waals surface area contributed by atoms with Gasteiger partial charge >= 0.3 is 0 Å². The minimum atomic E-state index is -2.87. The third kappa shape index (κ3) is 16.5. The Morgan fingerprint density at radius 3 is 1.27 bits per heavy atom. The van der Waals surface area contributed by atoms with Crippen LogP contribution < -0.4 is 31.9 Å². The Labute approximate surface area is 581 Å². The number of ketones is 3. The summed E-state index contributed by atoms with van der Waals surface area (Å²) in [6.07, 6.45) is 6.88. The van der Waals surface area contributed by atoms with Crippen LogP contribution in [0.4, 0.5) is 39.0 Å². The molecule has 6 amide bonds. The molecular formula is C70H74Cl3F5N10O11. The highest BCUT2D eigenvalue weighted by Gasteiger charge is 2.57. The summed E-state index contributed by atoms with van der Waals surface area (Å²) >= 11 is 19.5. The van der Waals surface area contributed by atoms with Gasteiger partial charge in [-0.3, -0.25) is 43.2 Å². The molecule has 11 rings (SSSR count). The van der Waals surface area contributed by atoms with Gasteiger partial charge in [-0.25, -0.2) is 26.9 Å². The van der Waals surface area contributed by atoms with Crippen LogP contribution in [0, 0.1) is 45.1 Å². The van der Waals surface area contributed by atoms with Crippen LogP contribution in [-0.2, 0) is 53.3 Å². The van der Waals surface area contributed by atoms with Crippen LogP contribution in [0.3, 0.4) is 0 Å². The Morgan fingerprint density at radius 1 is 0.586 bits per heavy atom. The smallest absolute Gasteiger partial charge is 0.294 e. The topological polar surface area (TPSA) is 287 Å². The van der Waals surface area contributed by atoms with Gasteiger partial charge in [0.25, 0.3) is 58.7 Å². The molecule has 1 atom stereocenters. The number of anilines is 3. The molecule has 4 aromatic heterocycles. The number of oxazole rings is 1. The van der Waals surface area contributed by atoms with Crippen molar-refractivity contribution in [2.45, 2.75) is 175 Å². The van der Waals surface area contributed by atoms with E-state index in [9.17, 15) is 70.2 Å². The molecule has 0 saturated heterocycles. The number of nitrogens with one attached hydrogen (secondary N) is 6. The molecule has 1 fully saturated rings. The Balaban J connectivity index is 0.000000174. The first-order valence-corrected chi connectivity index (χ1v) is 33.3. The lowest BCUT2D eigenvalue weighted by Crippen LogP contribution is -2.63. The standard InChI is InChI=1S/C24H25ClF3N3O3.C24H24ClFN4O4.C22H25ClFN3O4/c1-3-23(11-24(27,28)12-23)30-22(34)20(32)19-18(25)17(16-6-4-5-9-31(16)19)21(33)29-14-7-8-15(26)13(2)10-14;1-12-10-15(7-8-16(12)26)29-22(32)18-17-6-4-5-9-30(17)20(19(18)25)21(31)23(33)28-14(3)24-27-13(2)11-34-24;1-12-10-13(7-8-14(12)24)26-20(29)16-15-6-4-5-9-27(15)18(17(16)23)19(28)21(30)25-11-22(2,3)31/h7-8,10H,3-6,9,11-12H2,1-2H3,(H,29,33)(H,30,34);7-8,10-11,14H,4-6,9H2,1-3H3,(H,28,33)(H,29,32);7-8,10,31H,4-6,9,11H2,1-3H3,(H,25,30)(H,26,29)/t;14-;/m.1./s1. The van der Waals surface area contributed by atoms with Crippen molar-refractivity contribution in [1.82, 2.24) is 34.6 Å². The van der Waals surface area contributed by atoms with Crippen molar-refractivity contribution < 1.29 is 74.6 Å². The predicted octanol–water partition coefficient (Wildman–Crippen LogP) is 12.8. The first-order valence-electron chi connectivity index (χ1n) is 32.2. The average Bonchev–Trinajstić information content (AvgIpc) is 1.73. The summed E-state index contributed by atoms with van der Waals surface area (Å²) in [5.74, 6) is -10.9. The molecule has 0 radical (unpaired) electrons. The number of fused-ring (bicyclic) bond motifs is 3. The quantitative estimate of drug-likeness (QED) is 0.0240. The molecule has 1 saturated carbocycles. The van der Waals surface area contributed by atoms with E-state index in [4.69, 9.17) is 39.2 Å². The van der Waals surface area contributed by atoms with Gasteiger partial charge in [0.05, 0.1) is 48.6 Å². The van der Waals surface area contributed by atoms with Gasteiger partial charge in [0.2, 0.25) is 5.89 Å². The van der Waals surface area contributed by atoms with E-state index >= 15 is 0 Å². The van der Waals surface area contributed by atoms with Gasteiger partial charge in [0.15, 0.2) is 0 Å². The van der Waals surface area contributed by atoms with Crippen molar-refractivity contribution in [2.75, 3.05) is 22.5 Å². The molecule has 3 aliphatic heterocycles. The van der Waals surface area contributed by atoms with Crippen molar-refractivity contribution in [3.8, 4) is 0 Å². The van der Waals surface area contributed by atoms with Gasteiger partial charge in [-0.1, -0.05) is 41.7 Å². The van der Waals surface area contributed by atoms with Crippen molar-refractivity contribution in [1.29, 1.82) is 0 Å². The SMILES string of the molecule is CCC1(NC(=O)C(=O)c2c(Cl)c(C(=O)Nc3ccc(F)c(C)c3)c3n2CCCC3)CC(F)(F)C1.Cc1cc(NC(=O)c2c(Cl)c(C(=O)C(=O)NCC(C)(C)O)n3c2CCCC3)ccc1F.Cc1coc([C@@H](C)NC(=O)C(=O)c2c(Cl)c(C(=O)Nc3ccc(F)c(C)c3)c3n2CCCC3)n1. The first-order chi connectivity index (χ1) is 46.6. The van der Waals surface area contributed by atoms with E-state index in [2.05, 4.69) is 36.9 Å². The van der Waals surface area contributed by atoms with E-state index in [1.54, 1.807) is 55.2 Å². The summed E-state index contributed by atoms with van der Waals surface area (Å²) in [5, 5.41) is 25.0. The number of benzene rings is 3. The Morgan fingerprint density at radius 2 is 0.949 bits per heavy atom. The van der Waals surface area contributed by atoms with Gasteiger partial charge < -0.3 is 55.1 Å². The summed E-state index contributed by atoms with van der Waals surface area (Å²) in [4.78, 5) is 121. The lowest BCUT2D eigenvalue weighted by molar-refractivity contribution is -0.145. The minimum absolute atomic E-state index is 0.0231. The maximum absolute atomic E-state index is 13.6. The highest BCUT2D eigenvalue weighted by molar-refractivity contribution is 6.49. The highest BCUT2D eigenvalue weighted by atomic mass is 35.5. The van der Waals surface area contributed by atoms with Crippen molar-refractivity contribution in [3.63, 3.8) is 0 Å². The third-order valence-corrected chi connectivity index (χ3v) is 18.7. The maximum atomic E-state index is 13.6. The van der Waals surface area contributed by atoms with Crippen LogP contribution in [0.2, 0.25) is 15.1 Å². The molecular weight excluding hydrogens is 1360 g/mol. The zero-order chi connectivity index (χ0) is 72.3. The Bertz CT molecular complexity index is 4410. The van der Waals surface area contributed by atoms with E-state index in [0.717, 1.165) is 38.5 Å². The fourth-order valence-electron chi connectivity index (χ4n) is 12.5. The van der Waals surface area contributed by atoms with E-state index < -0.39 is 94.6 Å². The largest absolute Gasteiger partial charge is 0.446 e. The van der Waals surface area contributed by atoms with Gasteiger partial charge in [0, 0.05) is 73.2 Å². The number of aromatic nitrogens is 4. The van der Waals surface area contributed by atoms with E-state index in [1.807, 2.05) is 0 Å². The Kier molecular flexibility index (Phi) is 22.7. The molecule has 526 valence electrons. The third-order valence-electron chi connectivity index (χ3n) is 17.5. The fourth-order valence-corrected chi connectivity index (χ4v) is 13.6.